The first-order chi connectivity index (χ1) is 9.11. The fourth-order valence-corrected chi connectivity index (χ4v) is 2.56. The lowest BCUT2D eigenvalue weighted by Gasteiger charge is -2.39. The average molecular weight is 299 g/mol. The molecule has 1 fully saturated rings. The lowest BCUT2D eigenvalue weighted by atomic mass is 10.1. The van der Waals surface area contributed by atoms with Crippen LogP contribution in [0.1, 0.15) is 29.8 Å². The molecule has 1 saturated heterocycles. The number of nitrogens with zero attached hydrogens (tertiary/aromatic N) is 1. The van der Waals surface area contributed by atoms with Crippen molar-refractivity contribution in [3.05, 3.63) is 35.4 Å². The van der Waals surface area contributed by atoms with Gasteiger partial charge >= 0.3 is 5.97 Å². The van der Waals surface area contributed by atoms with Gasteiger partial charge < -0.3 is 10.1 Å². The molecule has 20 heavy (non-hydrogen) atoms. The van der Waals surface area contributed by atoms with E-state index in [0.29, 0.717) is 17.6 Å². The summed E-state index contributed by atoms with van der Waals surface area (Å²) in [6, 6.07) is 8.74. The van der Waals surface area contributed by atoms with Gasteiger partial charge in [-0.2, -0.15) is 0 Å². The molecular weight excluding hydrogens is 276 g/mol. The molecular formula is C15H23ClN2O2. The third kappa shape index (κ3) is 3.95. The zero-order valence-electron chi connectivity index (χ0n) is 12.3. The number of ether oxygens (including phenoxy) is 1. The summed E-state index contributed by atoms with van der Waals surface area (Å²) >= 11 is 0. The zero-order chi connectivity index (χ0) is 13.8. The Hall–Kier alpha value is -1.10. The van der Waals surface area contributed by atoms with Crippen LogP contribution in [0.4, 0.5) is 0 Å². The maximum Gasteiger partial charge on any atom is 0.337 e. The number of methoxy groups -OCH3 is 1. The van der Waals surface area contributed by atoms with Crippen molar-refractivity contribution in [2.45, 2.75) is 32.5 Å². The van der Waals surface area contributed by atoms with Gasteiger partial charge in [-0.05, 0) is 31.5 Å². The van der Waals surface area contributed by atoms with Gasteiger partial charge in [-0.3, -0.25) is 4.90 Å². The highest BCUT2D eigenvalue weighted by Crippen LogP contribution is 2.15. The quantitative estimate of drug-likeness (QED) is 0.868. The van der Waals surface area contributed by atoms with Gasteiger partial charge in [0.25, 0.3) is 0 Å². The van der Waals surface area contributed by atoms with Crippen molar-refractivity contribution in [3.8, 4) is 0 Å². The number of hydrogen-bond acceptors (Lipinski definition) is 4. The molecule has 1 aliphatic heterocycles. The molecule has 1 heterocycles. The molecule has 0 aromatic heterocycles. The highest BCUT2D eigenvalue weighted by Gasteiger charge is 2.24. The first kappa shape index (κ1) is 17.0. The number of carbonyl (C=O) groups is 1. The van der Waals surface area contributed by atoms with Gasteiger partial charge in [-0.1, -0.05) is 12.1 Å². The molecule has 1 aromatic rings. The summed E-state index contributed by atoms with van der Waals surface area (Å²) in [7, 11) is 1.40. The Kier molecular flexibility index (Phi) is 6.46. The molecule has 2 atom stereocenters. The van der Waals surface area contributed by atoms with Crippen molar-refractivity contribution in [2.24, 2.45) is 0 Å². The lowest BCUT2D eigenvalue weighted by Crippen LogP contribution is -2.54. The highest BCUT2D eigenvalue weighted by atomic mass is 35.5. The Morgan fingerprint density at radius 3 is 2.30 bits per heavy atom. The number of halogens is 1. The minimum atomic E-state index is -0.282. The molecule has 1 aromatic carbocycles. The molecule has 1 N–H and O–H groups in total. The Balaban J connectivity index is 0.00000200. The van der Waals surface area contributed by atoms with Crippen LogP contribution in [0.5, 0.6) is 0 Å². The first-order valence-electron chi connectivity index (χ1n) is 6.75. The zero-order valence-corrected chi connectivity index (χ0v) is 13.1. The number of hydrogen-bond donors (Lipinski definition) is 1. The second-order valence-corrected chi connectivity index (χ2v) is 5.22. The van der Waals surface area contributed by atoms with Crippen molar-refractivity contribution >= 4 is 18.4 Å². The summed E-state index contributed by atoms with van der Waals surface area (Å²) in [5, 5.41) is 3.43. The van der Waals surface area contributed by atoms with E-state index in [0.717, 1.165) is 19.6 Å². The van der Waals surface area contributed by atoms with E-state index in [9.17, 15) is 4.79 Å². The van der Waals surface area contributed by atoms with Crippen LogP contribution in [-0.4, -0.2) is 43.2 Å². The molecule has 0 aliphatic carbocycles. The monoisotopic (exact) mass is 298 g/mol. The fraction of sp³-hybridized carbons (Fsp3) is 0.533. The molecule has 0 radical (unpaired) electrons. The van der Waals surface area contributed by atoms with Gasteiger partial charge in [0.1, 0.15) is 0 Å². The van der Waals surface area contributed by atoms with Gasteiger partial charge in [0, 0.05) is 31.7 Å². The summed E-state index contributed by atoms with van der Waals surface area (Å²) in [4.78, 5) is 13.9. The molecule has 5 heteroatoms. The molecule has 0 spiro atoms. The normalized spacial score (nSPS) is 22.9. The Morgan fingerprint density at radius 2 is 1.80 bits per heavy atom. The molecule has 0 saturated carbocycles. The van der Waals surface area contributed by atoms with Crippen LogP contribution in [0.2, 0.25) is 0 Å². The number of rotatable bonds is 3. The SMILES string of the molecule is COC(=O)c1ccc(CN2[C@H](C)CNC[C@@H]2C)cc1.Cl. The van der Waals surface area contributed by atoms with E-state index < -0.39 is 0 Å². The Bertz CT molecular complexity index is 426. The molecule has 1 aliphatic rings. The average Bonchev–Trinajstić information content (AvgIpc) is 2.43. The number of piperazine rings is 1. The van der Waals surface area contributed by atoms with Gasteiger partial charge in [0.15, 0.2) is 0 Å². The summed E-state index contributed by atoms with van der Waals surface area (Å²) in [5.41, 5.74) is 1.83. The third-order valence-electron chi connectivity index (χ3n) is 3.75. The van der Waals surface area contributed by atoms with Crippen molar-refractivity contribution in [1.82, 2.24) is 10.2 Å². The highest BCUT2D eigenvalue weighted by molar-refractivity contribution is 5.89. The van der Waals surface area contributed by atoms with E-state index in [1.165, 1.54) is 12.7 Å². The van der Waals surface area contributed by atoms with Crippen LogP contribution in [0.25, 0.3) is 0 Å². The lowest BCUT2D eigenvalue weighted by molar-refractivity contribution is 0.0600. The molecule has 0 unspecified atom stereocenters. The van der Waals surface area contributed by atoms with E-state index in [-0.39, 0.29) is 18.4 Å². The molecule has 2 rings (SSSR count). The van der Waals surface area contributed by atoms with Crippen molar-refractivity contribution in [3.63, 3.8) is 0 Å². The standard InChI is InChI=1S/C15H22N2O2.ClH/c1-11-8-16-9-12(2)17(11)10-13-4-6-14(7-5-13)15(18)19-3;/h4-7,11-12,16H,8-10H2,1-3H3;1H/t11-,12+;. The molecule has 0 bridgehead atoms. The van der Waals surface area contributed by atoms with E-state index >= 15 is 0 Å². The predicted octanol–water partition coefficient (Wildman–Crippen LogP) is 2.08. The first-order valence-corrected chi connectivity index (χ1v) is 6.75. The van der Waals surface area contributed by atoms with Gasteiger partial charge in [0.05, 0.1) is 12.7 Å². The number of carbonyl (C=O) groups excluding carboxylic acids is 1. The Morgan fingerprint density at radius 1 is 1.25 bits per heavy atom. The van der Waals surface area contributed by atoms with E-state index in [1.807, 2.05) is 24.3 Å². The van der Waals surface area contributed by atoms with Crippen molar-refractivity contribution in [2.75, 3.05) is 20.2 Å². The largest absolute Gasteiger partial charge is 0.465 e. The second-order valence-electron chi connectivity index (χ2n) is 5.22. The summed E-state index contributed by atoms with van der Waals surface area (Å²) in [6.45, 7) is 7.47. The Labute approximate surface area is 126 Å². The maximum atomic E-state index is 11.4. The van der Waals surface area contributed by atoms with E-state index in [4.69, 9.17) is 4.74 Å². The third-order valence-corrected chi connectivity index (χ3v) is 3.75. The van der Waals surface area contributed by atoms with Crippen molar-refractivity contribution < 1.29 is 9.53 Å². The number of esters is 1. The molecule has 0 amide bonds. The van der Waals surface area contributed by atoms with E-state index in [1.54, 1.807) is 0 Å². The summed E-state index contributed by atoms with van der Waals surface area (Å²) in [5.74, 6) is -0.282. The van der Waals surface area contributed by atoms with Crippen LogP contribution in [-0.2, 0) is 11.3 Å². The maximum absolute atomic E-state index is 11.4. The smallest absolute Gasteiger partial charge is 0.337 e. The molecule has 112 valence electrons. The van der Waals surface area contributed by atoms with Gasteiger partial charge in [-0.15, -0.1) is 12.4 Å². The summed E-state index contributed by atoms with van der Waals surface area (Å²) in [6.07, 6.45) is 0. The summed E-state index contributed by atoms with van der Waals surface area (Å²) < 4.78 is 4.70. The van der Waals surface area contributed by atoms with Crippen molar-refractivity contribution in [1.29, 1.82) is 0 Å². The number of nitrogens with one attached hydrogen (secondary N) is 1. The predicted molar refractivity (Wildman–Crippen MR) is 82.4 cm³/mol. The van der Waals surface area contributed by atoms with Crippen LogP contribution < -0.4 is 5.32 Å². The minimum Gasteiger partial charge on any atom is -0.465 e. The van der Waals surface area contributed by atoms with Gasteiger partial charge in [0.2, 0.25) is 0 Å². The van der Waals surface area contributed by atoms with Crippen LogP contribution in [0.15, 0.2) is 24.3 Å². The topological polar surface area (TPSA) is 41.6 Å². The van der Waals surface area contributed by atoms with E-state index in [2.05, 4.69) is 24.1 Å². The van der Waals surface area contributed by atoms with Crippen LogP contribution in [0, 0.1) is 0 Å². The minimum absolute atomic E-state index is 0. The fourth-order valence-electron chi connectivity index (χ4n) is 2.56. The molecule has 4 nitrogen and oxygen atoms in total. The second kappa shape index (κ2) is 7.62. The van der Waals surface area contributed by atoms with Crippen LogP contribution in [0.3, 0.4) is 0 Å². The van der Waals surface area contributed by atoms with Crippen LogP contribution >= 0.6 is 12.4 Å². The number of benzene rings is 1. The van der Waals surface area contributed by atoms with Gasteiger partial charge in [-0.25, -0.2) is 4.79 Å².